The van der Waals surface area contributed by atoms with Crippen LogP contribution in [-0.4, -0.2) is 4.98 Å². The number of nitrogens with zero attached hydrogens (tertiary/aromatic N) is 2. The van der Waals surface area contributed by atoms with Crippen molar-refractivity contribution in [3.63, 3.8) is 0 Å². The topological polar surface area (TPSA) is 62.7 Å². The van der Waals surface area contributed by atoms with Crippen LogP contribution in [0.1, 0.15) is 43.0 Å². The number of nitrogen functional groups attached to an aromatic ring is 1. The normalized spacial score (nSPS) is 16.5. The first kappa shape index (κ1) is 16.9. The summed E-state index contributed by atoms with van der Waals surface area (Å²) in [6, 6.07) is 7.05. The van der Waals surface area contributed by atoms with Crippen molar-refractivity contribution in [1.82, 2.24) is 4.98 Å². The third kappa shape index (κ3) is 3.03. The molecule has 0 saturated heterocycles. The molecule has 1 aromatic carbocycles. The number of nitriles is 1. The molecular weight excluding hydrogens is 369 g/mol. The molecule has 1 aliphatic rings. The van der Waals surface area contributed by atoms with Crippen molar-refractivity contribution < 1.29 is 4.39 Å². The maximum atomic E-state index is 14.6. The molecule has 24 heavy (non-hydrogen) atoms. The largest absolute Gasteiger partial charge is 0.383 e. The number of benzene rings is 1. The number of nitrogens with two attached hydrogens (primary N) is 1. The predicted octanol–water partition coefficient (Wildman–Crippen LogP) is 5.01. The maximum Gasteiger partial charge on any atom is 0.142 e. The smallest absolute Gasteiger partial charge is 0.142 e. The molecule has 1 unspecified atom stereocenters. The minimum Gasteiger partial charge on any atom is -0.383 e. The molecule has 0 bridgehead atoms. The molecule has 2 N–H and O–H groups in total. The monoisotopic (exact) mass is 387 g/mol. The average molecular weight is 388 g/mol. The van der Waals surface area contributed by atoms with E-state index in [1.807, 2.05) is 0 Å². The van der Waals surface area contributed by atoms with Gasteiger partial charge < -0.3 is 5.73 Å². The second-order valence-corrected chi connectivity index (χ2v) is 7.22. The third-order valence-corrected chi connectivity index (χ3v) is 5.20. The van der Waals surface area contributed by atoms with Crippen molar-refractivity contribution in [3.8, 4) is 17.2 Å². The zero-order chi connectivity index (χ0) is 17.3. The Hall–Kier alpha value is -1.93. The molecule has 0 amide bonds. The summed E-state index contributed by atoms with van der Waals surface area (Å²) in [7, 11) is 0. The number of aromatic nitrogens is 1. The van der Waals surface area contributed by atoms with Gasteiger partial charge >= 0.3 is 0 Å². The Morgan fingerprint density at radius 3 is 2.92 bits per heavy atom. The van der Waals surface area contributed by atoms with E-state index in [2.05, 4.69) is 33.9 Å². The maximum absolute atomic E-state index is 14.6. The first-order chi connectivity index (χ1) is 11.5. The first-order valence-electron chi connectivity index (χ1n) is 8.21. The molecule has 0 spiro atoms. The van der Waals surface area contributed by atoms with Gasteiger partial charge in [0.25, 0.3) is 0 Å². The Balaban J connectivity index is 2.23. The molecule has 124 valence electrons. The Kier molecular flexibility index (Phi) is 4.86. The summed E-state index contributed by atoms with van der Waals surface area (Å²) in [4.78, 5) is 4.44. The van der Waals surface area contributed by atoms with Crippen LogP contribution in [0.2, 0.25) is 0 Å². The van der Waals surface area contributed by atoms with Gasteiger partial charge in [-0.1, -0.05) is 41.8 Å². The van der Waals surface area contributed by atoms with Crippen molar-refractivity contribution in [1.29, 1.82) is 5.26 Å². The number of halogens is 2. The summed E-state index contributed by atoms with van der Waals surface area (Å²) < 4.78 is 15.3. The van der Waals surface area contributed by atoms with Crippen molar-refractivity contribution in [3.05, 3.63) is 45.3 Å². The molecule has 1 aromatic heterocycles. The molecule has 1 aliphatic carbocycles. The molecule has 2 aromatic rings. The highest BCUT2D eigenvalue weighted by Crippen LogP contribution is 2.39. The lowest BCUT2D eigenvalue weighted by Gasteiger charge is -2.27. The van der Waals surface area contributed by atoms with Crippen LogP contribution in [0.25, 0.3) is 11.1 Å². The summed E-state index contributed by atoms with van der Waals surface area (Å²) in [6.07, 6.45) is 4.99. The molecule has 0 radical (unpaired) electrons. The molecule has 3 nitrogen and oxygen atoms in total. The number of hydrogen-bond acceptors (Lipinski definition) is 3. The van der Waals surface area contributed by atoms with Crippen LogP contribution in [0.3, 0.4) is 0 Å². The Labute approximate surface area is 149 Å². The predicted molar refractivity (Wildman–Crippen MR) is 96.9 cm³/mol. The number of pyridine rings is 1. The minimum absolute atomic E-state index is 0.197. The standard InChI is InChI=1S/C19H19BrFN3/c1-2-3-11-4-7-17-14(8-11)18(15(10-22)19(23)24-17)13-6-5-12(20)9-16(13)21/h5-6,9,11H,2-4,7-8H2,1H3,(H2,23,24). The summed E-state index contributed by atoms with van der Waals surface area (Å²) >= 11 is 3.28. The van der Waals surface area contributed by atoms with E-state index in [1.165, 1.54) is 6.07 Å². The summed E-state index contributed by atoms with van der Waals surface area (Å²) in [5.41, 5.74) is 9.25. The Morgan fingerprint density at radius 1 is 1.46 bits per heavy atom. The van der Waals surface area contributed by atoms with E-state index in [1.54, 1.807) is 12.1 Å². The molecule has 0 saturated carbocycles. The highest BCUT2D eigenvalue weighted by atomic mass is 79.9. The lowest BCUT2D eigenvalue weighted by molar-refractivity contribution is 0.419. The van der Waals surface area contributed by atoms with Crippen molar-refractivity contribution in [2.75, 3.05) is 5.73 Å². The van der Waals surface area contributed by atoms with Gasteiger partial charge in [0.15, 0.2) is 0 Å². The van der Waals surface area contributed by atoms with Gasteiger partial charge in [-0.15, -0.1) is 0 Å². The van der Waals surface area contributed by atoms with Gasteiger partial charge in [-0.2, -0.15) is 5.26 Å². The van der Waals surface area contributed by atoms with Crippen LogP contribution in [0.4, 0.5) is 10.2 Å². The van der Waals surface area contributed by atoms with Crippen LogP contribution in [0, 0.1) is 23.1 Å². The Bertz CT molecular complexity index is 826. The van der Waals surface area contributed by atoms with Gasteiger partial charge in [-0.3, -0.25) is 0 Å². The van der Waals surface area contributed by atoms with Gasteiger partial charge in [0.05, 0.1) is 0 Å². The van der Waals surface area contributed by atoms with Gasteiger partial charge in [-0.05, 0) is 42.9 Å². The summed E-state index contributed by atoms with van der Waals surface area (Å²) in [6.45, 7) is 2.17. The number of aryl methyl sites for hydroxylation is 1. The lowest BCUT2D eigenvalue weighted by Crippen LogP contribution is -2.19. The highest BCUT2D eigenvalue weighted by Gasteiger charge is 2.27. The van der Waals surface area contributed by atoms with E-state index >= 15 is 0 Å². The summed E-state index contributed by atoms with van der Waals surface area (Å²) in [5, 5.41) is 9.58. The Morgan fingerprint density at radius 2 is 2.25 bits per heavy atom. The second-order valence-electron chi connectivity index (χ2n) is 6.31. The van der Waals surface area contributed by atoms with E-state index in [0.29, 0.717) is 21.5 Å². The second kappa shape index (κ2) is 6.90. The van der Waals surface area contributed by atoms with Gasteiger partial charge in [0, 0.05) is 21.3 Å². The van der Waals surface area contributed by atoms with Crippen molar-refractivity contribution >= 4 is 21.7 Å². The van der Waals surface area contributed by atoms with E-state index in [-0.39, 0.29) is 17.2 Å². The molecule has 3 rings (SSSR count). The van der Waals surface area contributed by atoms with Crippen molar-refractivity contribution in [2.45, 2.75) is 39.0 Å². The first-order valence-corrected chi connectivity index (χ1v) is 9.01. The number of hydrogen-bond donors (Lipinski definition) is 1. The molecule has 5 heteroatoms. The third-order valence-electron chi connectivity index (χ3n) is 4.70. The van der Waals surface area contributed by atoms with Crippen LogP contribution < -0.4 is 5.73 Å². The molecule has 0 fully saturated rings. The fourth-order valence-corrected chi connectivity index (χ4v) is 3.94. The molecule has 1 atom stereocenters. The van der Waals surface area contributed by atoms with E-state index in [4.69, 9.17) is 5.73 Å². The molecule has 1 heterocycles. The summed E-state index contributed by atoms with van der Waals surface area (Å²) in [5.74, 6) is 0.394. The van der Waals surface area contributed by atoms with Crippen LogP contribution in [0.5, 0.6) is 0 Å². The average Bonchev–Trinajstić information content (AvgIpc) is 2.55. The lowest BCUT2D eigenvalue weighted by atomic mass is 9.79. The quantitative estimate of drug-likeness (QED) is 0.804. The van der Waals surface area contributed by atoms with E-state index < -0.39 is 0 Å². The van der Waals surface area contributed by atoms with Crippen LogP contribution in [-0.2, 0) is 12.8 Å². The number of fused-ring (bicyclic) bond motifs is 1. The zero-order valence-corrected chi connectivity index (χ0v) is 15.2. The fraction of sp³-hybridized carbons (Fsp3) is 0.368. The zero-order valence-electron chi connectivity index (χ0n) is 13.6. The fourth-order valence-electron chi connectivity index (χ4n) is 3.61. The molecule has 0 aliphatic heterocycles. The van der Waals surface area contributed by atoms with E-state index in [0.717, 1.165) is 43.4 Å². The van der Waals surface area contributed by atoms with E-state index in [9.17, 15) is 9.65 Å². The van der Waals surface area contributed by atoms with Gasteiger partial charge in [-0.25, -0.2) is 9.37 Å². The highest BCUT2D eigenvalue weighted by molar-refractivity contribution is 9.10. The van der Waals surface area contributed by atoms with Crippen molar-refractivity contribution in [2.24, 2.45) is 5.92 Å². The van der Waals surface area contributed by atoms with Gasteiger partial charge in [0.1, 0.15) is 23.3 Å². The number of anilines is 1. The van der Waals surface area contributed by atoms with Crippen LogP contribution >= 0.6 is 15.9 Å². The number of rotatable bonds is 3. The SMILES string of the molecule is CCCC1CCc2nc(N)c(C#N)c(-c3ccc(Br)cc3F)c2C1. The van der Waals surface area contributed by atoms with Gasteiger partial charge in [0.2, 0.25) is 0 Å². The van der Waals surface area contributed by atoms with Crippen LogP contribution in [0.15, 0.2) is 22.7 Å². The minimum atomic E-state index is -0.355. The molecular formula is C19H19BrFN3.